The molecule has 0 amide bonds. The molecule has 0 rings (SSSR count). The van der Waals surface area contributed by atoms with Crippen molar-refractivity contribution in [3.63, 3.8) is 0 Å². The standard InChI is InChI=1S/C10H20.C9H14O2/c1-5-6-7-8-9-10(2,3)4;1-5-6-8(4)9(10)11-7(2)3/h5H,1,6-9H2,2-4H3;5-7H,1H2,2-4H3/b;8-6+. The Balaban J connectivity index is 0. The molecule has 0 N–H and O–H groups in total. The van der Waals surface area contributed by atoms with Gasteiger partial charge in [-0.25, -0.2) is 4.79 Å². The molecule has 0 aliphatic heterocycles. The van der Waals surface area contributed by atoms with Gasteiger partial charge in [-0.15, -0.1) is 6.58 Å². The normalized spacial score (nSPS) is 11.5. The number of esters is 1. The minimum atomic E-state index is -0.278. The first kappa shape index (κ1) is 22.0. The van der Waals surface area contributed by atoms with Gasteiger partial charge in [-0.3, -0.25) is 0 Å². The van der Waals surface area contributed by atoms with E-state index in [1.807, 2.05) is 19.9 Å². The van der Waals surface area contributed by atoms with E-state index in [4.69, 9.17) is 4.74 Å². The maximum atomic E-state index is 11.0. The Morgan fingerprint density at radius 3 is 2.14 bits per heavy atom. The van der Waals surface area contributed by atoms with Crippen LogP contribution in [-0.4, -0.2) is 12.1 Å². The molecule has 0 saturated carbocycles. The first-order chi connectivity index (χ1) is 9.64. The molecule has 0 saturated heterocycles. The van der Waals surface area contributed by atoms with E-state index in [1.54, 1.807) is 19.1 Å². The molecule has 0 aliphatic carbocycles. The molecule has 0 aliphatic rings. The summed E-state index contributed by atoms with van der Waals surface area (Å²) in [5, 5.41) is 0. The number of allylic oxidation sites excluding steroid dienone is 3. The molecule has 21 heavy (non-hydrogen) atoms. The highest BCUT2D eigenvalue weighted by molar-refractivity contribution is 5.88. The van der Waals surface area contributed by atoms with Gasteiger partial charge in [0.15, 0.2) is 0 Å². The van der Waals surface area contributed by atoms with Crippen LogP contribution < -0.4 is 0 Å². The first-order valence-electron chi connectivity index (χ1n) is 7.75. The Labute approximate surface area is 132 Å². The molecule has 0 aromatic heterocycles. The van der Waals surface area contributed by atoms with Gasteiger partial charge in [0.1, 0.15) is 0 Å². The average Bonchev–Trinajstić information content (AvgIpc) is 2.34. The number of carbonyl (C=O) groups is 1. The van der Waals surface area contributed by atoms with Gasteiger partial charge in [-0.1, -0.05) is 52.0 Å². The van der Waals surface area contributed by atoms with E-state index in [1.165, 1.54) is 25.7 Å². The predicted molar refractivity (Wildman–Crippen MR) is 93.3 cm³/mol. The molecule has 0 heterocycles. The van der Waals surface area contributed by atoms with Crippen LogP contribution >= 0.6 is 0 Å². The number of unbranched alkanes of at least 4 members (excludes halogenated alkanes) is 2. The minimum absolute atomic E-state index is 0.0596. The van der Waals surface area contributed by atoms with Crippen LogP contribution in [0, 0.1) is 5.41 Å². The Morgan fingerprint density at radius 2 is 1.76 bits per heavy atom. The number of carbonyl (C=O) groups excluding carboxylic acids is 1. The van der Waals surface area contributed by atoms with Crippen molar-refractivity contribution in [2.75, 3.05) is 0 Å². The molecule has 122 valence electrons. The summed E-state index contributed by atoms with van der Waals surface area (Å²) >= 11 is 0. The smallest absolute Gasteiger partial charge is 0.333 e. The summed E-state index contributed by atoms with van der Waals surface area (Å²) in [7, 11) is 0. The van der Waals surface area contributed by atoms with E-state index < -0.39 is 0 Å². The van der Waals surface area contributed by atoms with Gasteiger partial charge >= 0.3 is 5.97 Å². The highest BCUT2D eigenvalue weighted by Gasteiger charge is 2.08. The first-order valence-corrected chi connectivity index (χ1v) is 7.75. The van der Waals surface area contributed by atoms with Crippen molar-refractivity contribution in [3.05, 3.63) is 37.0 Å². The summed E-state index contributed by atoms with van der Waals surface area (Å²) in [5.74, 6) is -0.278. The average molecular weight is 294 g/mol. The molecule has 0 unspecified atom stereocenters. The fourth-order valence-electron chi connectivity index (χ4n) is 1.50. The third-order valence-electron chi connectivity index (χ3n) is 2.62. The molecule has 0 atom stereocenters. The van der Waals surface area contributed by atoms with Crippen molar-refractivity contribution < 1.29 is 9.53 Å². The van der Waals surface area contributed by atoms with Crippen LogP contribution in [-0.2, 0) is 9.53 Å². The van der Waals surface area contributed by atoms with Crippen LogP contribution in [0.25, 0.3) is 0 Å². The molecule has 0 spiro atoms. The SMILES string of the molecule is C=C/C=C(\C)C(=O)OC(C)C.C=CCCCCC(C)(C)C. The maximum Gasteiger partial charge on any atom is 0.333 e. The zero-order chi connectivity index (χ0) is 16.9. The summed E-state index contributed by atoms with van der Waals surface area (Å²) in [6.07, 6.45) is 10.3. The van der Waals surface area contributed by atoms with Crippen molar-refractivity contribution in [3.8, 4) is 0 Å². The lowest BCUT2D eigenvalue weighted by molar-refractivity contribution is -0.142. The molecule has 0 fully saturated rings. The molecule has 0 bridgehead atoms. The van der Waals surface area contributed by atoms with E-state index in [0.29, 0.717) is 11.0 Å². The Bertz CT molecular complexity index is 330. The van der Waals surface area contributed by atoms with Gasteiger partial charge in [0.2, 0.25) is 0 Å². The second-order valence-corrected chi connectivity index (χ2v) is 6.63. The third-order valence-corrected chi connectivity index (χ3v) is 2.62. The topological polar surface area (TPSA) is 26.3 Å². The highest BCUT2D eigenvalue weighted by atomic mass is 16.5. The third kappa shape index (κ3) is 18.7. The fraction of sp³-hybridized carbons (Fsp3) is 0.632. The molecule has 2 heteroatoms. The Kier molecular flexibility index (Phi) is 13.0. The van der Waals surface area contributed by atoms with Crippen LogP contribution in [0.2, 0.25) is 0 Å². The molecule has 0 aromatic rings. The van der Waals surface area contributed by atoms with Gasteiger partial charge in [0.25, 0.3) is 0 Å². The number of ether oxygens (including phenoxy) is 1. The maximum absolute atomic E-state index is 11.0. The summed E-state index contributed by atoms with van der Waals surface area (Å²) in [6, 6.07) is 0. The summed E-state index contributed by atoms with van der Waals surface area (Å²) in [4.78, 5) is 11.0. The van der Waals surface area contributed by atoms with Gasteiger partial charge < -0.3 is 4.74 Å². The Hall–Kier alpha value is -1.31. The fourth-order valence-corrected chi connectivity index (χ4v) is 1.50. The number of hydrogen-bond acceptors (Lipinski definition) is 2. The highest BCUT2D eigenvalue weighted by Crippen LogP contribution is 2.21. The lowest BCUT2D eigenvalue weighted by atomic mass is 9.89. The predicted octanol–water partition coefficient (Wildman–Crippen LogP) is 5.85. The monoisotopic (exact) mass is 294 g/mol. The molecule has 2 nitrogen and oxygen atoms in total. The molecule has 0 radical (unpaired) electrons. The van der Waals surface area contributed by atoms with Crippen LogP contribution in [0.4, 0.5) is 0 Å². The summed E-state index contributed by atoms with van der Waals surface area (Å²) < 4.78 is 4.91. The van der Waals surface area contributed by atoms with E-state index in [9.17, 15) is 4.79 Å². The van der Waals surface area contributed by atoms with Gasteiger partial charge in [0.05, 0.1) is 6.10 Å². The van der Waals surface area contributed by atoms with E-state index in [2.05, 4.69) is 33.9 Å². The number of hydrogen-bond donors (Lipinski definition) is 0. The zero-order valence-corrected chi connectivity index (χ0v) is 14.9. The Morgan fingerprint density at radius 1 is 1.19 bits per heavy atom. The van der Waals surface area contributed by atoms with Crippen LogP contribution in [0.3, 0.4) is 0 Å². The second-order valence-electron chi connectivity index (χ2n) is 6.63. The van der Waals surface area contributed by atoms with Crippen molar-refractivity contribution >= 4 is 5.97 Å². The van der Waals surface area contributed by atoms with Crippen LogP contribution in [0.5, 0.6) is 0 Å². The summed E-state index contributed by atoms with van der Waals surface area (Å²) in [5.41, 5.74) is 1.09. The lowest BCUT2D eigenvalue weighted by Crippen LogP contribution is -2.11. The molecule has 0 aromatic carbocycles. The van der Waals surface area contributed by atoms with Gasteiger partial charge in [0, 0.05) is 5.57 Å². The second kappa shape index (κ2) is 12.4. The van der Waals surface area contributed by atoms with Crippen LogP contribution in [0.1, 0.15) is 67.2 Å². The van der Waals surface area contributed by atoms with Gasteiger partial charge in [-0.2, -0.15) is 0 Å². The molecular formula is C19H34O2. The van der Waals surface area contributed by atoms with Crippen molar-refractivity contribution in [1.29, 1.82) is 0 Å². The van der Waals surface area contributed by atoms with E-state index in [-0.39, 0.29) is 12.1 Å². The van der Waals surface area contributed by atoms with E-state index in [0.717, 1.165) is 0 Å². The van der Waals surface area contributed by atoms with E-state index >= 15 is 0 Å². The summed E-state index contributed by atoms with van der Waals surface area (Å²) in [6.45, 7) is 19.4. The quantitative estimate of drug-likeness (QED) is 0.193. The van der Waals surface area contributed by atoms with Gasteiger partial charge in [-0.05, 0) is 45.4 Å². The zero-order valence-electron chi connectivity index (χ0n) is 14.9. The lowest BCUT2D eigenvalue weighted by Gasteiger charge is -2.16. The number of rotatable bonds is 7. The van der Waals surface area contributed by atoms with Crippen molar-refractivity contribution in [1.82, 2.24) is 0 Å². The largest absolute Gasteiger partial charge is 0.460 e. The molecular weight excluding hydrogens is 260 g/mol. The van der Waals surface area contributed by atoms with Crippen molar-refractivity contribution in [2.45, 2.75) is 73.3 Å². The van der Waals surface area contributed by atoms with Crippen LogP contribution in [0.15, 0.2) is 37.0 Å². The minimum Gasteiger partial charge on any atom is -0.460 e. The van der Waals surface area contributed by atoms with Crippen molar-refractivity contribution in [2.24, 2.45) is 5.41 Å².